The lowest BCUT2D eigenvalue weighted by Gasteiger charge is -2.13. The zero-order chi connectivity index (χ0) is 35.9. The van der Waals surface area contributed by atoms with E-state index in [0.29, 0.717) is 40.4 Å². The molecule has 0 unspecified atom stereocenters. The fraction of sp³-hybridized carbons (Fsp3) is 0.111. The minimum Gasteiger partial charge on any atom is -0.352 e. The zero-order valence-electron chi connectivity index (χ0n) is 27.9. The van der Waals surface area contributed by atoms with Gasteiger partial charge in [-0.25, -0.2) is 18.9 Å². The molecule has 2 amide bonds. The number of aryl methyl sites for hydroxylation is 2. The molecule has 51 heavy (non-hydrogen) atoms. The van der Waals surface area contributed by atoms with Gasteiger partial charge >= 0.3 is 0 Å². The Labute approximate surface area is 291 Å². The molecule has 0 bridgehead atoms. The second kappa shape index (κ2) is 14.9. The molecule has 0 radical (unpaired) electrons. The molecule has 4 heterocycles. The normalized spacial score (nSPS) is 10.6. The Bertz CT molecular complexity index is 2330. The van der Waals surface area contributed by atoms with Gasteiger partial charge in [0.25, 0.3) is 17.5 Å². The van der Waals surface area contributed by atoms with Crippen LogP contribution in [0.3, 0.4) is 0 Å². The summed E-state index contributed by atoms with van der Waals surface area (Å²) in [5, 5.41) is 32.1. The second-order valence-corrected chi connectivity index (χ2v) is 11.3. The van der Waals surface area contributed by atoms with Gasteiger partial charge < -0.3 is 16.0 Å². The van der Waals surface area contributed by atoms with Crippen molar-refractivity contribution in [3.63, 3.8) is 0 Å². The molecule has 0 aliphatic heterocycles. The number of carbonyl (C=O) groups excluding carboxylic acids is 2. The minimum absolute atomic E-state index is 0.0676. The van der Waals surface area contributed by atoms with Gasteiger partial charge in [-0.1, -0.05) is 18.2 Å². The van der Waals surface area contributed by atoms with Crippen LogP contribution in [-0.2, 0) is 0 Å². The Hall–Kier alpha value is -7.16. The number of amides is 2. The van der Waals surface area contributed by atoms with E-state index in [1.54, 1.807) is 69.0 Å². The summed E-state index contributed by atoms with van der Waals surface area (Å²) in [6.45, 7) is 6.21. The molecule has 15 nitrogen and oxygen atoms in total. The fourth-order valence-electron chi connectivity index (χ4n) is 5.28. The van der Waals surface area contributed by atoms with E-state index in [-0.39, 0.29) is 17.5 Å². The lowest BCUT2D eigenvalue weighted by atomic mass is 10.1. The Morgan fingerprint density at radius 3 is 2.22 bits per heavy atom. The average molecular weight is 684 g/mol. The molecule has 0 atom stereocenters. The van der Waals surface area contributed by atoms with Crippen LogP contribution in [-0.4, -0.2) is 57.4 Å². The molecule has 0 aliphatic rings. The first-order valence-electron chi connectivity index (χ1n) is 15.9. The van der Waals surface area contributed by atoms with Crippen LogP contribution in [0.5, 0.6) is 0 Å². The van der Waals surface area contributed by atoms with E-state index in [9.17, 15) is 19.7 Å². The molecule has 7 aromatic rings. The minimum atomic E-state index is -0.424. The van der Waals surface area contributed by atoms with Crippen LogP contribution < -0.4 is 16.0 Å². The van der Waals surface area contributed by atoms with Crippen LogP contribution in [0.1, 0.15) is 38.8 Å². The van der Waals surface area contributed by atoms with Crippen LogP contribution in [0.4, 0.5) is 22.9 Å². The molecular weight excluding hydrogens is 650 g/mol. The molecule has 15 heteroatoms. The lowest BCUT2D eigenvalue weighted by Crippen LogP contribution is -2.22. The van der Waals surface area contributed by atoms with Gasteiger partial charge in [0.1, 0.15) is 11.8 Å². The summed E-state index contributed by atoms with van der Waals surface area (Å²) in [5.74, 6) is 0.129. The molecule has 4 aromatic heterocycles. The number of rotatable bonds is 9. The van der Waals surface area contributed by atoms with E-state index in [1.165, 1.54) is 18.5 Å². The highest BCUT2D eigenvalue weighted by Crippen LogP contribution is 2.28. The van der Waals surface area contributed by atoms with Crippen molar-refractivity contribution < 1.29 is 14.5 Å². The number of non-ortho nitro benzene ring substituents is 1. The molecule has 7 rings (SSSR count). The molecule has 256 valence electrons. The van der Waals surface area contributed by atoms with E-state index in [2.05, 4.69) is 36.2 Å². The first kappa shape index (κ1) is 33.7. The summed E-state index contributed by atoms with van der Waals surface area (Å²) in [6, 6.07) is 22.8. The fourth-order valence-corrected chi connectivity index (χ4v) is 5.28. The summed E-state index contributed by atoms with van der Waals surface area (Å²) in [6.07, 6.45) is 10.0. The number of anilines is 3. The Morgan fingerprint density at radius 2 is 1.55 bits per heavy atom. The van der Waals surface area contributed by atoms with Crippen molar-refractivity contribution in [3.05, 3.63) is 149 Å². The predicted octanol–water partition coefficient (Wildman–Crippen LogP) is 6.06. The van der Waals surface area contributed by atoms with E-state index in [1.807, 2.05) is 63.4 Å². The molecule has 3 aromatic carbocycles. The Kier molecular flexibility index (Phi) is 9.88. The van der Waals surface area contributed by atoms with Crippen molar-refractivity contribution in [1.82, 2.24) is 39.5 Å². The van der Waals surface area contributed by atoms with E-state index in [4.69, 9.17) is 0 Å². The number of nitro groups is 1. The summed E-state index contributed by atoms with van der Waals surface area (Å²) < 4.78 is 4.94. The van der Waals surface area contributed by atoms with Gasteiger partial charge in [-0.3, -0.25) is 19.7 Å². The van der Waals surface area contributed by atoms with Crippen molar-refractivity contribution in [2.24, 2.45) is 0 Å². The predicted molar refractivity (Wildman–Crippen MR) is 192 cm³/mol. The number of hydrogen-bond donors (Lipinski definition) is 3. The second-order valence-electron chi connectivity index (χ2n) is 11.3. The van der Waals surface area contributed by atoms with Crippen LogP contribution in [0.15, 0.2) is 116 Å². The number of aromatic nitrogens is 7. The number of nitro benzene ring substituents is 1. The molecular formula is C36H33N11O4. The summed E-state index contributed by atoms with van der Waals surface area (Å²) in [5.41, 5.74) is 6.38. The number of carbonyl (C=O) groups is 2. The highest BCUT2D eigenvalue weighted by molar-refractivity contribution is 6.05. The molecule has 0 saturated heterocycles. The Morgan fingerprint density at radius 1 is 0.843 bits per heavy atom. The quantitative estimate of drug-likeness (QED) is 0.120. The van der Waals surface area contributed by atoms with Crippen LogP contribution in [0.2, 0.25) is 0 Å². The van der Waals surface area contributed by atoms with Crippen molar-refractivity contribution in [1.29, 1.82) is 0 Å². The van der Waals surface area contributed by atoms with Crippen molar-refractivity contribution >= 4 is 40.2 Å². The maximum atomic E-state index is 13.1. The van der Waals surface area contributed by atoms with Crippen LogP contribution in [0, 0.1) is 24.0 Å². The third kappa shape index (κ3) is 7.62. The third-order valence-electron chi connectivity index (χ3n) is 7.84. The standard InChI is InChI=1S/C27H26N8O2.C9H7N3O2/c1-4-28-27(37)22-15-35-24(18(22)3)25(29-16-31-35)33-23-13-19(10-9-17(23)2)26(36)32-20-7-5-8-21(14-20)34-12-6-11-30-34;13-12(14)9-4-1-3-8(7-9)11-6-2-5-10-11/h5-16H,4H2,1-3H3,(H,28,37)(H,32,36)(H,29,31,33);1-7H. The van der Waals surface area contributed by atoms with Crippen LogP contribution >= 0.6 is 0 Å². The van der Waals surface area contributed by atoms with Gasteiger partial charge in [-0.15, -0.1) is 0 Å². The number of nitrogens with zero attached hydrogens (tertiary/aromatic N) is 8. The Balaban J connectivity index is 0.000000267. The number of hydrogen-bond acceptors (Lipinski definition) is 9. The summed E-state index contributed by atoms with van der Waals surface area (Å²) in [4.78, 5) is 40.1. The summed E-state index contributed by atoms with van der Waals surface area (Å²) >= 11 is 0. The van der Waals surface area contributed by atoms with E-state index < -0.39 is 4.92 Å². The van der Waals surface area contributed by atoms with E-state index in [0.717, 1.165) is 22.5 Å². The van der Waals surface area contributed by atoms with Gasteiger partial charge in [-0.2, -0.15) is 15.3 Å². The smallest absolute Gasteiger partial charge is 0.271 e. The van der Waals surface area contributed by atoms with Gasteiger partial charge in [0.05, 0.1) is 21.9 Å². The molecule has 0 saturated carbocycles. The van der Waals surface area contributed by atoms with Gasteiger partial charge in [-0.05, 0) is 80.4 Å². The maximum absolute atomic E-state index is 13.1. The highest BCUT2D eigenvalue weighted by Gasteiger charge is 2.18. The largest absolute Gasteiger partial charge is 0.352 e. The van der Waals surface area contributed by atoms with Gasteiger partial charge in [0.15, 0.2) is 5.82 Å². The zero-order valence-corrected chi connectivity index (χ0v) is 27.9. The first-order valence-corrected chi connectivity index (χ1v) is 15.9. The SMILES string of the molecule is CCNC(=O)c1cn2ncnc(Nc3cc(C(=O)Nc4cccc(-n5cccn5)c4)ccc3C)c2c1C.O=[N+]([O-])c1cccc(-n2cccn2)c1. The van der Waals surface area contributed by atoms with Crippen molar-refractivity contribution in [2.75, 3.05) is 17.2 Å². The van der Waals surface area contributed by atoms with Gasteiger partial charge in [0, 0.05) is 66.6 Å². The summed E-state index contributed by atoms with van der Waals surface area (Å²) in [7, 11) is 0. The molecule has 0 aliphatic carbocycles. The van der Waals surface area contributed by atoms with Crippen molar-refractivity contribution in [3.8, 4) is 11.4 Å². The lowest BCUT2D eigenvalue weighted by molar-refractivity contribution is -0.384. The van der Waals surface area contributed by atoms with Crippen molar-refractivity contribution in [2.45, 2.75) is 20.8 Å². The average Bonchev–Trinajstić information content (AvgIpc) is 3.93. The molecule has 3 N–H and O–H groups in total. The van der Waals surface area contributed by atoms with Crippen LogP contribution in [0.25, 0.3) is 16.9 Å². The number of fused-ring (bicyclic) bond motifs is 1. The third-order valence-corrected chi connectivity index (χ3v) is 7.84. The highest BCUT2D eigenvalue weighted by atomic mass is 16.6. The first-order chi connectivity index (χ1) is 24.7. The molecule has 0 spiro atoms. The maximum Gasteiger partial charge on any atom is 0.271 e. The van der Waals surface area contributed by atoms with E-state index >= 15 is 0 Å². The number of nitrogens with one attached hydrogen (secondary N) is 3. The monoisotopic (exact) mass is 683 g/mol. The number of benzene rings is 3. The van der Waals surface area contributed by atoms with Gasteiger partial charge in [0.2, 0.25) is 0 Å². The molecule has 0 fully saturated rings. The topological polar surface area (TPSA) is 179 Å².